The van der Waals surface area contributed by atoms with Crippen molar-refractivity contribution in [2.24, 2.45) is 0 Å². The van der Waals surface area contributed by atoms with E-state index < -0.39 is 0 Å². The van der Waals surface area contributed by atoms with E-state index in [-0.39, 0.29) is 11.7 Å². The van der Waals surface area contributed by atoms with Crippen molar-refractivity contribution in [3.63, 3.8) is 0 Å². The number of thiazole rings is 1. The van der Waals surface area contributed by atoms with Crippen LogP contribution < -0.4 is 9.64 Å². The van der Waals surface area contributed by atoms with Crippen molar-refractivity contribution >= 4 is 32.6 Å². The second kappa shape index (κ2) is 8.52. The highest BCUT2D eigenvalue weighted by atomic mass is 32.1. The summed E-state index contributed by atoms with van der Waals surface area (Å²) < 4.78 is 19.2. The number of imidazole rings is 1. The van der Waals surface area contributed by atoms with Crippen molar-refractivity contribution < 1.29 is 19.0 Å². The lowest BCUT2D eigenvalue weighted by molar-refractivity contribution is -0.119. The van der Waals surface area contributed by atoms with E-state index in [0.29, 0.717) is 30.6 Å². The first kappa shape index (κ1) is 19.3. The maximum absolute atomic E-state index is 13.2. The summed E-state index contributed by atoms with van der Waals surface area (Å²) in [6.07, 6.45) is 7.52. The Hall–Kier alpha value is -3.07. The zero-order chi connectivity index (χ0) is 20.2. The smallest absolute Gasteiger partial charge is 0.298 e. The Morgan fingerprint density at radius 3 is 3.00 bits per heavy atom. The van der Waals surface area contributed by atoms with E-state index in [1.807, 2.05) is 29.8 Å². The van der Waals surface area contributed by atoms with Crippen LogP contribution in [-0.2, 0) is 20.8 Å². The van der Waals surface area contributed by atoms with E-state index >= 15 is 0 Å². The molecule has 2 aromatic heterocycles. The lowest BCUT2D eigenvalue weighted by Gasteiger charge is -2.23. The molecule has 9 heteroatoms. The van der Waals surface area contributed by atoms with Crippen LogP contribution in [0.25, 0.3) is 10.2 Å². The highest BCUT2D eigenvalue weighted by Crippen LogP contribution is 2.37. The number of hydrogen-bond donors (Lipinski definition) is 0. The molecule has 0 saturated carbocycles. The number of aromatic nitrogens is 3. The van der Waals surface area contributed by atoms with Gasteiger partial charge >= 0.3 is 0 Å². The lowest BCUT2D eigenvalue weighted by Crippen LogP contribution is -2.35. The molecule has 0 fully saturated rings. The van der Waals surface area contributed by atoms with Crippen molar-refractivity contribution in [1.82, 2.24) is 14.5 Å². The Balaban J connectivity index is 1.65. The highest BCUT2D eigenvalue weighted by Gasteiger charge is 2.26. The zero-order valence-corrected chi connectivity index (χ0v) is 17.1. The molecule has 1 amide bonds. The standard InChI is InChI=1S/C20H22N4O4S/c1-14-4-5-15(26-2)17-18(14)29-20(22-17)24(8-3-7-23-9-6-21-13-23)19(25)16-12-27-10-11-28-16/h4-6,9,12-13H,3,7-8,10-11H2,1-2H3. The normalized spacial score (nSPS) is 13.5. The van der Waals surface area contributed by atoms with Gasteiger partial charge in [-0.1, -0.05) is 17.4 Å². The van der Waals surface area contributed by atoms with Crippen molar-refractivity contribution in [2.45, 2.75) is 19.9 Å². The van der Waals surface area contributed by atoms with Crippen LogP contribution in [0.3, 0.4) is 0 Å². The van der Waals surface area contributed by atoms with E-state index in [1.165, 1.54) is 17.6 Å². The van der Waals surface area contributed by atoms with Gasteiger partial charge in [0.1, 0.15) is 30.7 Å². The van der Waals surface area contributed by atoms with Crippen LogP contribution in [0.4, 0.5) is 5.13 Å². The van der Waals surface area contributed by atoms with Gasteiger partial charge < -0.3 is 18.8 Å². The summed E-state index contributed by atoms with van der Waals surface area (Å²) in [4.78, 5) is 23.6. The van der Waals surface area contributed by atoms with Crippen LogP contribution in [0.5, 0.6) is 5.75 Å². The molecule has 0 atom stereocenters. The minimum Gasteiger partial charge on any atom is -0.494 e. The van der Waals surface area contributed by atoms with E-state index in [4.69, 9.17) is 19.2 Å². The van der Waals surface area contributed by atoms with Gasteiger partial charge in [0.25, 0.3) is 5.91 Å². The Morgan fingerprint density at radius 2 is 2.28 bits per heavy atom. The third-order valence-corrected chi connectivity index (χ3v) is 5.82. The molecular weight excluding hydrogens is 392 g/mol. The quantitative estimate of drug-likeness (QED) is 0.591. The number of carbonyl (C=O) groups is 1. The first-order valence-electron chi connectivity index (χ1n) is 9.33. The second-order valence-electron chi connectivity index (χ2n) is 6.57. The third-order valence-electron chi connectivity index (χ3n) is 4.61. The average molecular weight is 414 g/mol. The largest absolute Gasteiger partial charge is 0.494 e. The SMILES string of the molecule is COc1ccc(C)c2sc(N(CCCn3ccnc3)C(=O)C3=COCCO3)nc12. The van der Waals surface area contributed by atoms with E-state index in [2.05, 4.69) is 4.98 Å². The Labute approximate surface area is 172 Å². The minimum atomic E-state index is -0.258. The van der Waals surface area contributed by atoms with Crippen LogP contribution in [0.15, 0.2) is 42.9 Å². The third kappa shape index (κ3) is 4.04. The predicted molar refractivity (Wildman–Crippen MR) is 110 cm³/mol. The van der Waals surface area contributed by atoms with E-state index in [0.717, 1.165) is 28.7 Å². The molecule has 3 heterocycles. The molecule has 152 valence electrons. The van der Waals surface area contributed by atoms with Gasteiger partial charge in [0.05, 0.1) is 18.1 Å². The summed E-state index contributed by atoms with van der Waals surface area (Å²) in [5.74, 6) is 0.628. The van der Waals surface area contributed by atoms with Crippen molar-refractivity contribution in [2.75, 3.05) is 31.8 Å². The van der Waals surface area contributed by atoms with Gasteiger partial charge in [-0.3, -0.25) is 9.69 Å². The molecule has 1 aliphatic rings. The van der Waals surface area contributed by atoms with Crippen LogP contribution >= 0.6 is 11.3 Å². The molecule has 8 nitrogen and oxygen atoms in total. The fourth-order valence-corrected chi connectivity index (χ4v) is 4.18. The van der Waals surface area contributed by atoms with Crippen LogP contribution in [-0.4, -0.2) is 47.3 Å². The minimum absolute atomic E-state index is 0.196. The summed E-state index contributed by atoms with van der Waals surface area (Å²) in [5, 5.41) is 0.610. The Bertz CT molecular complexity index is 1030. The van der Waals surface area contributed by atoms with Crippen molar-refractivity contribution in [1.29, 1.82) is 0 Å². The van der Waals surface area contributed by atoms with Crippen LogP contribution in [0.1, 0.15) is 12.0 Å². The molecule has 0 N–H and O–H groups in total. The van der Waals surface area contributed by atoms with Gasteiger partial charge in [0.2, 0.25) is 5.76 Å². The first-order chi connectivity index (χ1) is 14.2. The monoisotopic (exact) mass is 414 g/mol. The van der Waals surface area contributed by atoms with Crippen LogP contribution in [0.2, 0.25) is 0 Å². The molecule has 3 aromatic rings. The number of fused-ring (bicyclic) bond motifs is 1. The number of anilines is 1. The molecule has 0 radical (unpaired) electrons. The molecular formula is C20H22N4O4S. The topological polar surface area (TPSA) is 78.7 Å². The summed E-state index contributed by atoms with van der Waals surface area (Å²) in [5.41, 5.74) is 1.85. The molecule has 0 bridgehead atoms. The number of nitrogens with zero attached hydrogens (tertiary/aromatic N) is 4. The summed E-state index contributed by atoms with van der Waals surface area (Å²) in [7, 11) is 1.62. The fraction of sp³-hybridized carbons (Fsp3) is 0.350. The van der Waals surface area contributed by atoms with Gasteiger partial charge in [0, 0.05) is 25.5 Å². The number of rotatable bonds is 7. The van der Waals surface area contributed by atoms with Gasteiger partial charge in [-0.05, 0) is 25.0 Å². The lowest BCUT2D eigenvalue weighted by atomic mass is 10.2. The number of methoxy groups -OCH3 is 1. The predicted octanol–water partition coefficient (Wildman–Crippen LogP) is 3.12. The number of amides is 1. The van der Waals surface area contributed by atoms with Gasteiger partial charge in [-0.25, -0.2) is 9.97 Å². The Morgan fingerprint density at radius 1 is 1.38 bits per heavy atom. The van der Waals surface area contributed by atoms with Gasteiger partial charge in [-0.2, -0.15) is 0 Å². The molecule has 29 heavy (non-hydrogen) atoms. The number of carbonyl (C=O) groups excluding carboxylic acids is 1. The highest BCUT2D eigenvalue weighted by molar-refractivity contribution is 7.22. The summed E-state index contributed by atoms with van der Waals surface area (Å²) in [6.45, 7) is 4.05. The molecule has 0 unspecified atom stereocenters. The number of hydrogen-bond acceptors (Lipinski definition) is 7. The Kier molecular flexibility index (Phi) is 5.66. The van der Waals surface area contributed by atoms with Crippen molar-refractivity contribution in [3.8, 4) is 5.75 Å². The number of aryl methyl sites for hydroxylation is 2. The average Bonchev–Trinajstić information content (AvgIpc) is 3.42. The van der Waals surface area contributed by atoms with Gasteiger partial charge in [-0.15, -0.1) is 0 Å². The first-order valence-corrected chi connectivity index (χ1v) is 10.2. The molecule has 1 aliphatic heterocycles. The van der Waals surface area contributed by atoms with Crippen LogP contribution in [0, 0.1) is 6.92 Å². The molecule has 1 aromatic carbocycles. The molecule has 0 saturated heterocycles. The van der Waals surface area contributed by atoms with Crippen molar-refractivity contribution in [3.05, 3.63) is 48.4 Å². The van der Waals surface area contributed by atoms with Gasteiger partial charge in [0.15, 0.2) is 5.13 Å². The number of ether oxygens (including phenoxy) is 3. The molecule has 0 aliphatic carbocycles. The zero-order valence-electron chi connectivity index (χ0n) is 16.3. The number of benzene rings is 1. The van der Waals surface area contributed by atoms with E-state index in [1.54, 1.807) is 24.5 Å². The molecule has 0 spiro atoms. The fourth-order valence-electron chi connectivity index (χ4n) is 3.11. The molecule has 4 rings (SSSR count). The summed E-state index contributed by atoms with van der Waals surface area (Å²) in [6, 6.07) is 3.89. The second-order valence-corrected chi connectivity index (χ2v) is 7.55. The maximum atomic E-state index is 13.2. The van der Waals surface area contributed by atoms with E-state index in [9.17, 15) is 4.79 Å². The summed E-state index contributed by atoms with van der Waals surface area (Å²) >= 11 is 1.47. The maximum Gasteiger partial charge on any atom is 0.298 e.